The van der Waals surface area contributed by atoms with Crippen LogP contribution in [0.3, 0.4) is 0 Å². The van der Waals surface area contributed by atoms with Crippen molar-refractivity contribution >= 4 is 38.4 Å². The maximum absolute atomic E-state index is 12.7. The van der Waals surface area contributed by atoms with Gasteiger partial charge in [-0.25, -0.2) is 13.4 Å². The van der Waals surface area contributed by atoms with Crippen LogP contribution >= 0.6 is 22.7 Å². The molecular weight excluding hydrogens is 380 g/mol. The van der Waals surface area contributed by atoms with E-state index in [4.69, 9.17) is 9.47 Å². The molecule has 0 radical (unpaired) electrons. The number of hydrogen-bond acceptors (Lipinski definition) is 7. The maximum atomic E-state index is 12.7. The number of nitrogens with one attached hydrogen (secondary N) is 1. The number of sulfonamides is 1. The van der Waals surface area contributed by atoms with Crippen LogP contribution in [-0.2, 0) is 10.0 Å². The molecule has 132 valence electrons. The summed E-state index contributed by atoms with van der Waals surface area (Å²) < 4.78 is 38.4. The van der Waals surface area contributed by atoms with E-state index < -0.39 is 10.0 Å². The Morgan fingerprint density at radius 2 is 1.68 bits per heavy atom. The van der Waals surface area contributed by atoms with Crippen LogP contribution in [0.25, 0.3) is 10.6 Å². The SMILES string of the molecule is COc1cc(NS(=O)(=O)c2cc(-c3nc(C)cs3)cs2)cc(OC)c1. The molecule has 1 N–H and O–H groups in total. The lowest BCUT2D eigenvalue weighted by Gasteiger charge is -2.10. The van der Waals surface area contributed by atoms with Crippen molar-refractivity contribution in [2.24, 2.45) is 0 Å². The van der Waals surface area contributed by atoms with E-state index >= 15 is 0 Å². The van der Waals surface area contributed by atoms with E-state index in [9.17, 15) is 8.42 Å². The molecule has 2 aromatic heterocycles. The highest BCUT2D eigenvalue weighted by molar-refractivity contribution is 7.94. The Balaban J connectivity index is 1.89. The summed E-state index contributed by atoms with van der Waals surface area (Å²) in [6.45, 7) is 1.90. The van der Waals surface area contributed by atoms with Gasteiger partial charge in [0.1, 0.15) is 20.7 Å². The van der Waals surface area contributed by atoms with Gasteiger partial charge in [0, 0.05) is 40.2 Å². The fraction of sp³-hybridized carbons (Fsp3) is 0.188. The number of rotatable bonds is 6. The predicted molar refractivity (Wildman–Crippen MR) is 101 cm³/mol. The topological polar surface area (TPSA) is 77.5 Å². The van der Waals surface area contributed by atoms with Gasteiger partial charge in [-0.3, -0.25) is 4.72 Å². The first kappa shape index (κ1) is 17.7. The average molecular weight is 397 g/mol. The zero-order chi connectivity index (χ0) is 18.0. The molecule has 0 aliphatic heterocycles. The van der Waals surface area contributed by atoms with Crippen LogP contribution < -0.4 is 14.2 Å². The van der Waals surface area contributed by atoms with Crippen molar-refractivity contribution in [3.8, 4) is 22.1 Å². The van der Waals surface area contributed by atoms with Crippen LogP contribution in [0.4, 0.5) is 5.69 Å². The normalized spacial score (nSPS) is 11.3. The number of benzene rings is 1. The lowest BCUT2D eigenvalue weighted by molar-refractivity contribution is 0.395. The van der Waals surface area contributed by atoms with E-state index in [1.807, 2.05) is 12.3 Å². The molecule has 0 bridgehead atoms. The van der Waals surface area contributed by atoms with Crippen LogP contribution in [0.1, 0.15) is 5.69 Å². The number of aryl methyl sites for hydroxylation is 1. The summed E-state index contributed by atoms with van der Waals surface area (Å²) in [6.07, 6.45) is 0. The highest BCUT2D eigenvalue weighted by atomic mass is 32.2. The average Bonchev–Trinajstić information content (AvgIpc) is 3.23. The number of anilines is 1. The van der Waals surface area contributed by atoms with Gasteiger partial charge in [0.15, 0.2) is 0 Å². The number of ether oxygens (including phenoxy) is 2. The minimum atomic E-state index is -3.71. The number of methoxy groups -OCH3 is 2. The molecule has 0 atom stereocenters. The van der Waals surface area contributed by atoms with Crippen molar-refractivity contribution in [2.45, 2.75) is 11.1 Å². The zero-order valence-electron chi connectivity index (χ0n) is 13.8. The quantitative estimate of drug-likeness (QED) is 0.681. The van der Waals surface area contributed by atoms with Crippen molar-refractivity contribution in [1.29, 1.82) is 0 Å². The second kappa shape index (κ2) is 7.03. The first-order valence-electron chi connectivity index (χ1n) is 7.18. The monoisotopic (exact) mass is 396 g/mol. The summed E-state index contributed by atoms with van der Waals surface area (Å²) in [4.78, 5) is 4.38. The van der Waals surface area contributed by atoms with Crippen molar-refractivity contribution in [2.75, 3.05) is 18.9 Å². The molecule has 0 saturated carbocycles. The predicted octanol–water partition coefficient (Wildman–Crippen LogP) is 4.00. The highest BCUT2D eigenvalue weighted by Gasteiger charge is 2.19. The van der Waals surface area contributed by atoms with Crippen molar-refractivity contribution in [1.82, 2.24) is 4.98 Å². The molecule has 0 amide bonds. The Morgan fingerprint density at radius 1 is 1.00 bits per heavy atom. The minimum absolute atomic E-state index is 0.220. The van der Waals surface area contributed by atoms with E-state index in [1.54, 1.807) is 29.6 Å². The molecule has 2 heterocycles. The van der Waals surface area contributed by atoms with Gasteiger partial charge in [0.25, 0.3) is 10.0 Å². The van der Waals surface area contributed by atoms with Crippen molar-refractivity contribution in [3.05, 3.63) is 40.7 Å². The van der Waals surface area contributed by atoms with Crippen molar-refractivity contribution < 1.29 is 17.9 Å². The first-order chi connectivity index (χ1) is 11.9. The second-order valence-electron chi connectivity index (χ2n) is 5.16. The Kier molecular flexibility index (Phi) is 4.98. The largest absolute Gasteiger partial charge is 0.497 e. The standard InChI is InChI=1S/C16H16N2O4S3/c1-10-8-24-16(17-10)11-4-15(23-9-11)25(19,20)18-12-5-13(21-2)7-14(6-12)22-3/h4-9,18H,1-3H3. The van der Waals surface area contributed by atoms with E-state index in [0.29, 0.717) is 17.2 Å². The third-order valence-corrected chi connectivity index (χ3v) is 7.14. The van der Waals surface area contributed by atoms with Crippen LogP contribution in [0, 0.1) is 6.92 Å². The fourth-order valence-electron chi connectivity index (χ4n) is 2.13. The first-order valence-corrected chi connectivity index (χ1v) is 10.4. The molecule has 3 rings (SSSR count). The summed E-state index contributed by atoms with van der Waals surface area (Å²) in [7, 11) is -0.692. The lowest BCUT2D eigenvalue weighted by Crippen LogP contribution is -2.11. The molecule has 6 nitrogen and oxygen atoms in total. The third kappa shape index (κ3) is 3.94. The molecule has 1 aromatic carbocycles. The lowest BCUT2D eigenvalue weighted by atomic mass is 10.3. The van der Waals surface area contributed by atoms with Gasteiger partial charge in [-0.2, -0.15) is 0 Å². The summed E-state index contributed by atoms with van der Waals surface area (Å²) >= 11 is 2.64. The smallest absolute Gasteiger partial charge is 0.271 e. The highest BCUT2D eigenvalue weighted by Crippen LogP contribution is 2.32. The summed E-state index contributed by atoms with van der Waals surface area (Å²) in [5, 5.41) is 4.53. The molecule has 0 aliphatic carbocycles. The van der Waals surface area contributed by atoms with Crippen molar-refractivity contribution in [3.63, 3.8) is 0 Å². The molecule has 0 spiro atoms. The second-order valence-corrected chi connectivity index (χ2v) is 8.83. The van der Waals surface area contributed by atoms with Crippen LogP contribution in [0.5, 0.6) is 11.5 Å². The fourth-order valence-corrected chi connectivity index (χ4v) is 5.19. The van der Waals surface area contributed by atoms with Crippen LogP contribution in [0.15, 0.2) is 39.2 Å². The van der Waals surface area contributed by atoms with E-state index in [-0.39, 0.29) is 4.21 Å². The van der Waals surface area contributed by atoms with Gasteiger partial charge in [-0.05, 0) is 13.0 Å². The van der Waals surface area contributed by atoms with E-state index in [2.05, 4.69) is 9.71 Å². The Bertz CT molecular complexity index is 970. The Hall–Kier alpha value is -2.10. The number of thiophene rings is 1. The van der Waals surface area contributed by atoms with Gasteiger partial charge in [-0.1, -0.05) is 0 Å². The molecular formula is C16H16N2O4S3. The summed E-state index contributed by atoms with van der Waals surface area (Å²) in [5.74, 6) is 1.00. The molecule has 0 saturated heterocycles. The Labute approximate surface area is 154 Å². The van der Waals surface area contributed by atoms with E-state index in [0.717, 1.165) is 27.6 Å². The molecule has 9 heteroatoms. The third-order valence-electron chi connectivity index (χ3n) is 3.31. The molecule has 25 heavy (non-hydrogen) atoms. The number of aromatic nitrogens is 1. The van der Waals surface area contributed by atoms with Gasteiger partial charge in [0.05, 0.1) is 19.9 Å². The number of nitrogens with zero attached hydrogens (tertiary/aromatic N) is 1. The summed E-state index contributed by atoms with van der Waals surface area (Å²) in [5.41, 5.74) is 2.08. The van der Waals surface area contributed by atoms with Gasteiger partial charge >= 0.3 is 0 Å². The minimum Gasteiger partial charge on any atom is -0.497 e. The molecule has 0 aliphatic rings. The summed E-state index contributed by atoms with van der Waals surface area (Å²) in [6, 6.07) is 6.49. The maximum Gasteiger partial charge on any atom is 0.271 e. The zero-order valence-corrected chi connectivity index (χ0v) is 16.2. The molecule has 0 unspecified atom stereocenters. The number of thiazole rings is 1. The van der Waals surface area contributed by atoms with Crippen LogP contribution in [0.2, 0.25) is 0 Å². The van der Waals surface area contributed by atoms with Gasteiger partial charge < -0.3 is 9.47 Å². The number of hydrogen-bond donors (Lipinski definition) is 1. The molecule has 3 aromatic rings. The molecule has 0 fully saturated rings. The Morgan fingerprint density at radius 3 is 2.24 bits per heavy atom. The van der Waals surface area contributed by atoms with Crippen LogP contribution in [-0.4, -0.2) is 27.6 Å². The van der Waals surface area contributed by atoms with E-state index in [1.165, 1.54) is 25.6 Å². The van der Waals surface area contributed by atoms with Gasteiger partial charge in [-0.15, -0.1) is 22.7 Å². The van der Waals surface area contributed by atoms with Gasteiger partial charge in [0.2, 0.25) is 0 Å².